The lowest BCUT2D eigenvalue weighted by molar-refractivity contribution is -0.148. The molecule has 0 amide bonds. The van der Waals surface area contributed by atoms with Crippen molar-refractivity contribution in [1.82, 2.24) is 0 Å². The topological polar surface area (TPSA) is 38.7 Å². The largest absolute Gasteiger partial charge is 0.394 e. The molecular weight excluding hydrogens is 156 g/mol. The van der Waals surface area contributed by atoms with Gasteiger partial charge in [-0.3, -0.25) is 0 Å². The highest BCUT2D eigenvalue weighted by atomic mass is 16.8. The molecule has 1 unspecified atom stereocenters. The minimum absolute atomic E-state index is 0.00192. The summed E-state index contributed by atoms with van der Waals surface area (Å²) in [6, 6.07) is 0. The fraction of sp³-hybridized carbons (Fsp3) is 0.778. The molecule has 12 heavy (non-hydrogen) atoms. The molecule has 1 rings (SSSR count). The van der Waals surface area contributed by atoms with Gasteiger partial charge in [0.15, 0.2) is 5.79 Å². The van der Waals surface area contributed by atoms with E-state index in [2.05, 4.69) is 6.58 Å². The van der Waals surface area contributed by atoms with Crippen LogP contribution in [0, 0.1) is 0 Å². The van der Waals surface area contributed by atoms with Crippen LogP contribution in [-0.4, -0.2) is 29.7 Å². The molecular formula is C9H16O3. The van der Waals surface area contributed by atoms with Crippen molar-refractivity contribution < 1.29 is 14.6 Å². The predicted octanol–water partition coefficient (Wildman–Crippen LogP) is 1.07. The molecule has 3 heteroatoms. The lowest BCUT2D eigenvalue weighted by Crippen LogP contribution is -2.25. The average Bonchev–Trinajstić information content (AvgIpc) is 2.26. The maximum Gasteiger partial charge on any atom is 0.163 e. The van der Waals surface area contributed by atoms with Crippen LogP contribution >= 0.6 is 0 Å². The maximum absolute atomic E-state index is 8.96. The van der Waals surface area contributed by atoms with Crippen LogP contribution in [0.4, 0.5) is 0 Å². The Morgan fingerprint density at radius 2 is 2.00 bits per heavy atom. The average molecular weight is 172 g/mol. The Bertz CT molecular complexity index is 165. The van der Waals surface area contributed by atoms with E-state index in [9.17, 15) is 0 Å². The molecule has 0 bridgehead atoms. The molecule has 1 saturated heterocycles. The van der Waals surface area contributed by atoms with Crippen molar-refractivity contribution >= 4 is 0 Å². The fourth-order valence-electron chi connectivity index (χ4n) is 1.43. The summed E-state index contributed by atoms with van der Waals surface area (Å²) in [6.45, 7) is 7.32. The van der Waals surface area contributed by atoms with Crippen molar-refractivity contribution in [2.45, 2.75) is 38.3 Å². The third-order valence-corrected chi connectivity index (χ3v) is 1.86. The molecule has 0 aromatic heterocycles. The molecule has 2 atom stereocenters. The van der Waals surface area contributed by atoms with Crippen LogP contribution in [0.5, 0.6) is 0 Å². The molecule has 1 heterocycles. The van der Waals surface area contributed by atoms with Crippen molar-refractivity contribution in [3.05, 3.63) is 12.7 Å². The number of rotatable bonds is 3. The molecule has 0 spiro atoms. The third-order valence-electron chi connectivity index (χ3n) is 1.86. The highest BCUT2D eigenvalue weighted by Crippen LogP contribution is 2.29. The summed E-state index contributed by atoms with van der Waals surface area (Å²) in [5, 5.41) is 8.96. The van der Waals surface area contributed by atoms with E-state index in [4.69, 9.17) is 14.6 Å². The number of aliphatic hydroxyl groups excluding tert-OH is 1. The Labute approximate surface area is 73.0 Å². The van der Waals surface area contributed by atoms with E-state index < -0.39 is 5.79 Å². The normalized spacial score (nSPS) is 33.6. The second-order valence-electron chi connectivity index (χ2n) is 3.42. The van der Waals surface area contributed by atoms with Crippen LogP contribution < -0.4 is 0 Å². The third kappa shape index (κ3) is 2.06. The van der Waals surface area contributed by atoms with Crippen LogP contribution in [0.15, 0.2) is 12.7 Å². The number of hydrogen-bond acceptors (Lipinski definition) is 3. The van der Waals surface area contributed by atoms with Crippen molar-refractivity contribution in [2.75, 3.05) is 6.61 Å². The second kappa shape index (κ2) is 3.56. The Morgan fingerprint density at radius 1 is 1.42 bits per heavy atom. The molecule has 0 aliphatic carbocycles. The predicted molar refractivity (Wildman–Crippen MR) is 45.7 cm³/mol. The van der Waals surface area contributed by atoms with Crippen LogP contribution in [0.25, 0.3) is 0 Å². The quantitative estimate of drug-likeness (QED) is 0.647. The first-order valence-corrected chi connectivity index (χ1v) is 4.16. The fourth-order valence-corrected chi connectivity index (χ4v) is 1.43. The van der Waals surface area contributed by atoms with Gasteiger partial charge in [-0.2, -0.15) is 0 Å². The monoisotopic (exact) mass is 172 g/mol. The van der Waals surface area contributed by atoms with Gasteiger partial charge in [0.25, 0.3) is 0 Å². The van der Waals surface area contributed by atoms with Crippen LogP contribution in [0.1, 0.15) is 20.3 Å². The first-order valence-electron chi connectivity index (χ1n) is 4.16. The molecule has 0 radical (unpaired) electrons. The van der Waals surface area contributed by atoms with Crippen LogP contribution in [-0.2, 0) is 9.47 Å². The van der Waals surface area contributed by atoms with E-state index >= 15 is 0 Å². The van der Waals surface area contributed by atoms with Gasteiger partial charge in [0.1, 0.15) is 6.10 Å². The zero-order chi connectivity index (χ0) is 9.19. The van der Waals surface area contributed by atoms with Crippen LogP contribution in [0.3, 0.4) is 0 Å². The summed E-state index contributed by atoms with van der Waals surface area (Å²) in [6.07, 6.45) is 2.23. The summed E-state index contributed by atoms with van der Waals surface area (Å²) in [7, 11) is 0. The summed E-state index contributed by atoms with van der Waals surface area (Å²) in [5.41, 5.74) is 0. The van der Waals surface area contributed by atoms with Crippen molar-refractivity contribution in [3.8, 4) is 0 Å². The Morgan fingerprint density at radius 3 is 2.50 bits per heavy atom. The number of hydrogen-bond donors (Lipinski definition) is 1. The van der Waals surface area contributed by atoms with Crippen LogP contribution in [0.2, 0.25) is 0 Å². The first-order chi connectivity index (χ1) is 5.59. The van der Waals surface area contributed by atoms with Gasteiger partial charge >= 0.3 is 0 Å². The Balaban J connectivity index is 2.56. The number of ether oxygens (including phenoxy) is 2. The zero-order valence-electron chi connectivity index (χ0n) is 7.62. The highest BCUT2D eigenvalue weighted by molar-refractivity contribution is 4.86. The molecule has 1 fully saturated rings. The van der Waals surface area contributed by atoms with Crippen molar-refractivity contribution in [3.63, 3.8) is 0 Å². The van der Waals surface area contributed by atoms with Gasteiger partial charge in [-0.05, 0) is 20.3 Å². The van der Waals surface area contributed by atoms with Gasteiger partial charge in [-0.15, -0.1) is 6.58 Å². The van der Waals surface area contributed by atoms with Crippen molar-refractivity contribution in [2.24, 2.45) is 0 Å². The van der Waals surface area contributed by atoms with E-state index in [0.717, 1.165) is 0 Å². The number of aliphatic hydroxyl groups is 1. The zero-order valence-corrected chi connectivity index (χ0v) is 7.62. The van der Waals surface area contributed by atoms with E-state index in [1.165, 1.54) is 0 Å². The maximum atomic E-state index is 8.96. The molecule has 1 aliphatic heterocycles. The Kier molecular flexibility index (Phi) is 2.88. The van der Waals surface area contributed by atoms with Gasteiger partial charge < -0.3 is 14.6 Å². The SMILES string of the molecule is C=CCC1OC(C)(C)O[C@@H]1CO. The van der Waals surface area contributed by atoms with E-state index in [1.807, 2.05) is 13.8 Å². The van der Waals surface area contributed by atoms with Gasteiger partial charge in [0, 0.05) is 0 Å². The summed E-state index contributed by atoms with van der Waals surface area (Å²) >= 11 is 0. The van der Waals surface area contributed by atoms with E-state index in [0.29, 0.717) is 6.42 Å². The first kappa shape index (κ1) is 9.71. The minimum Gasteiger partial charge on any atom is -0.394 e. The molecule has 1 N–H and O–H groups in total. The van der Waals surface area contributed by atoms with Gasteiger partial charge in [-0.25, -0.2) is 0 Å². The summed E-state index contributed by atoms with van der Waals surface area (Å²) in [4.78, 5) is 0. The van der Waals surface area contributed by atoms with Gasteiger partial charge in [0.2, 0.25) is 0 Å². The van der Waals surface area contributed by atoms with Crippen molar-refractivity contribution in [1.29, 1.82) is 0 Å². The Hall–Kier alpha value is -0.380. The lowest BCUT2D eigenvalue weighted by Gasteiger charge is -2.16. The minimum atomic E-state index is -0.568. The molecule has 0 aromatic rings. The standard InChI is InChI=1S/C9H16O3/c1-4-5-7-8(6-10)12-9(2,3)11-7/h4,7-8,10H,1,5-6H2,2-3H3/t7?,8-/m1/s1. The van der Waals surface area contributed by atoms with Gasteiger partial charge in [-0.1, -0.05) is 6.08 Å². The lowest BCUT2D eigenvalue weighted by atomic mass is 10.1. The summed E-state index contributed by atoms with van der Waals surface area (Å²) in [5.74, 6) is -0.568. The molecule has 70 valence electrons. The van der Waals surface area contributed by atoms with Gasteiger partial charge in [0.05, 0.1) is 12.7 Å². The second-order valence-corrected chi connectivity index (χ2v) is 3.42. The molecule has 0 aromatic carbocycles. The molecule has 0 saturated carbocycles. The summed E-state index contributed by atoms with van der Waals surface area (Å²) < 4.78 is 11.0. The van der Waals surface area contributed by atoms with E-state index in [-0.39, 0.29) is 18.8 Å². The molecule has 1 aliphatic rings. The van der Waals surface area contributed by atoms with E-state index in [1.54, 1.807) is 6.08 Å². The molecule has 3 nitrogen and oxygen atoms in total. The smallest absolute Gasteiger partial charge is 0.163 e. The highest BCUT2D eigenvalue weighted by Gasteiger charge is 2.39.